The van der Waals surface area contributed by atoms with Gasteiger partial charge in [0.2, 0.25) is 5.91 Å². The monoisotopic (exact) mass is 413 g/mol. The number of methoxy groups -OCH3 is 1. The number of nitro benzene ring substituents is 1. The molecule has 8 nitrogen and oxygen atoms in total. The van der Waals surface area contributed by atoms with Crippen molar-refractivity contribution in [2.45, 2.75) is 25.0 Å². The van der Waals surface area contributed by atoms with E-state index in [1.807, 2.05) is 30.3 Å². The highest BCUT2D eigenvalue weighted by Gasteiger charge is 2.28. The molecule has 0 saturated carbocycles. The summed E-state index contributed by atoms with van der Waals surface area (Å²) in [6.45, 7) is 2.00. The molecular formula is C22H27N3O5. The van der Waals surface area contributed by atoms with Crippen LogP contribution in [-0.4, -0.2) is 65.6 Å². The first kappa shape index (κ1) is 21.7. The van der Waals surface area contributed by atoms with E-state index in [4.69, 9.17) is 4.74 Å². The van der Waals surface area contributed by atoms with E-state index in [1.165, 1.54) is 19.2 Å². The molecule has 0 aromatic heterocycles. The molecule has 30 heavy (non-hydrogen) atoms. The van der Waals surface area contributed by atoms with Crippen molar-refractivity contribution >= 4 is 11.6 Å². The fourth-order valence-electron chi connectivity index (χ4n) is 3.81. The number of aliphatic hydroxyl groups excluding tert-OH is 1. The lowest BCUT2D eigenvalue weighted by atomic mass is 10.0. The fourth-order valence-corrected chi connectivity index (χ4v) is 3.81. The van der Waals surface area contributed by atoms with E-state index in [9.17, 15) is 20.0 Å². The number of ether oxygens (including phenoxy) is 1. The molecular weight excluding hydrogens is 386 g/mol. The molecule has 1 heterocycles. The molecule has 2 aromatic rings. The second kappa shape index (κ2) is 9.69. The van der Waals surface area contributed by atoms with Gasteiger partial charge in [-0.15, -0.1) is 0 Å². The quantitative estimate of drug-likeness (QED) is 0.527. The molecule has 2 aromatic carbocycles. The zero-order valence-corrected chi connectivity index (χ0v) is 17.2. The minimum atomic E-state index is -0.512. The summed E-state index contributed by atoms with van der Waals surface area (Å²) in [6.07, 6.45) is 0.449. The molecule has 0 spiro atoms. The Kier molecular flexibility index (Phi) is 7.02. The highest BCUT2D eigenvalue weighted by Crippen LogP contribution is 2.29. The molecule has 2 atom stereocenters. The number of nitrogens with zero attached hydrogens (tertiary/aromatic N) is 3. The number of nitro groups is 1. The molecule has 0 radical (unpaired) electrons. The normalized spacial score (nSPS) is 17.5. The van der Waals surface area contributed by atoms with Gasteiger partial charge < -0.3 is 14.7 Å². The van der Waals surface area contributed by atoms with Crippen LogP contribution in [0.5, 0.6) is 5.75 Å². The second-order valence-corrected chi connectivity index (χ2v) is 7.57. The number of benzene rings is 2. The maximum Gasteiger partial charge on any atom is 0.311 e. The number of likely N-dealkylation sites (N-methyl/N-ethyl adjacent to an activating group) is 1. The largest absolute Gasteiger partial charge is 0.490 e. The van der Waals surface area contributed by atoms with Gasteiger partial charge in [0.15, 0.2) is 5.75 Å². The Morgan fingerprint density at radius 2 is 2.07 bits per heavy atom. The number of aliphatic hydroxyl groups is 1. The topological polar surface area (TPSA) is 96.2 Å². The molecule has 1 amide bonds. The maximum atomic E-state index is 13.1. The molecule has 0 bridgehead atoms. The summed E-state index contributed by atoms with van der Waals surface area (Å²) in [5.74, 6) is 0.0300. The summed E-state index contributed by atoms with van der Waals surface area (Å²) in [6, 6.07) is 14.2. The van der Waals surface area contributed by atoms with Crippen molar-refractivity contribution in [3.05, 3.63) is 69.8 Å². The van der Waals surface area contributed by atoms with Gasteiger partial charge in [0, 0.05) is 32.7 Å². The lowest BCUT2D eigenvalue weighted by Gasteiger charge is -2.32. The van der Waals surface area contributed by atoms with Crippen LogP contribution in [0, 0.1) is 10.1 Å². The van der Waals surface area contributed by atoms with Gasteiger partial charge in [-0.25, -0.2) is 0 Å². The van der Waals surface area contributed by atoms with Crippen molar-refractivity contribution in [2.24, 2.45) is 0 Å². The number of rotatable bonds is 8. The van der Waals surface area contributed by atoms with Gasteiger partial charge in [0.25, 0.3) is 0 Å². The van der Waals surface area contributed by atoms with Crippen LogP contribution in [0.3, 0.4) is 0 Å². The second-order valence-electron chi connectivity index (χ2n) is 7.57. The number of β-amino-alcohol motifs (C(OH)–C–C–N with tert-alkyl or cyclic N) is 1. The van der Waals surface area contributed by atoms with E-state index < -0.39 is 4.92 Å². The molecule has 0 aliphatic carbocycles. The van der Waals surface area contributed by atoms with Crippen LogP contribution in [0.25, 0.3) is 0 Å². The highest BCUT2D eigenvalue weighted by molar-refractivity contribution is 5.79. The molecule has 1 saturated heterocycles. The Morgan fingerprint density at radius 3 is 2.67 bits per heavy atom. The van der Waals surface area contributed by atoms with Crippen LogP contribution >= 0.6 is 0 Å². The van der Waals surface area contributed by atoms with Crippen LogP contribution in [-0.2, 0) is 11.2 Å². The Morgan fingerprint density at radius 1 is 1.33 bits per heavy atom. The summed E-state index contributed by atoms with van der Waals surface area (Å²) >= 11 is 0. The van der Waals surface area contributed by atoms with Gasteiger partial charge in [-0.2, -0.15) is 0 Å². The molecule has 8 heteroatoms. The van der Waals surface area contributed by atoms with Crippen molar-refractivity contribution in [3.8, 4) is 5.75 Å². The highest BCUT2D eigenvalue weighted by atomic mass is 16.6. The van der Waals surface area contributed by atoms with Gasteiger partial charge in [-0.3, -0.25) is 19.8 Å². The zero-order valence-electron chi connectivity index (χ0n) is 17.2. The average molecular weight is 413 g/mol. The summed E-state index contributed by atoms with van der Waals surface area (Å²) in [7, 11) is 3.13. The first-order valence-electron chi connectivity index (χ1n) is 9.91. The van der Waals surface area contributed by atoms with Crippen molar-refractivity contribution in [2.75, 3.05) is 33.8 Å². The summed E-state index contributed by atoms with van der Waals surface area (Å²) in [4.78, 5) is 27.7. The van der Waals surface area contributed by atoms with Crippen LogP contribution in [0.2, 0.25) is 0 Å². The summed E-state index contributed by atoms with van der Waals surface area (Å²) < 4.78 is 5.03. The standard InChI is InChI=1S/C22H27N3O5/c1-23(22(27)13-16-8-9-21(30-2)19(12-16)25(28)29)20(17-6-4-3-5-7-17)15-24-11-10-18(26)14-24/h3-9,12,18,20,26H,10-11,13-15H2,1-2H3. The van der Waals surface area contributed by atoms with Crippen molar-refractivity contribution in [1.82, 2.24) is 9.80 Å². The van der Waals surface area contributed by atoms with Gasteiger partial charge in [0.05, 0.1) is 30.6 Å². The lowest BCUT2D eigenvalue weighted by molar-refractivity contribution is -0.385. The zero-order chi connectivity index (χ0) is 21.7. The molecule has 1 aliphatic heterocycles. The van der Waals surface area contributed by atoms with Crippen LogP contribution < -0.4 is 4.74 Å². The Labute approximate surface area is 175 Å². The number of hydrogen-bond acceptors (Lipinski definition) is 6. The number of hydrogen-bond donors (Lipinski definition) is 1. The van der Waals surface area contributed by atoms with Gasteiger partial charge >= 0.3 is 5.69 Å². The van der Waals surface area contributed by atoms with E-state index in [0.717, 1.165) is 18.5 Å². The minimum absolute atomic E-state index is 0.0489. The van der Waals surface area contributed by atoms with E-state index in [0.29, 0.717) is 18.7 Å². The summed E-state index contributed by atoms with van der Waals surface area (Å²) in [5, 5.41) is 21.1. The first-order valence-corrected chi connectivity index (χ1v) is 9.91. The number of carbonyl (C=O) groups excluding carboxylic acids is 1. The third-order valence-electron chi connectivity index (χ3n) is 5.52. The van der Waals surface area contributed by atoms with Gasteiger partial charge in [-0.05, 0) is 23.6 Å². The minimum Gasteiger partial charge on any atom is -0.490 e. The van der Waals surface area contributed by atoms with E-state index in [2.05, 4.69) is 4.90 Å². The van der Waals surface area contributed by atoms with Crippen molar-refractivity contribution in [1.29, 1.82) is 0 Å². The molecule has 1 fully saturated rings. The molecule has 1 N–H and O–H groups in total. The van der Waals surface area contributed by atoms with Crippen molar-refractivity contribution in [3.63, 3.8) is 0 Å². The summed E-state index contributed by atoms with van der Waals surface area (Å²) in [5.41, 5.74) is 1.41. The Balaban J connectivity index is 1.78. The number of amides is 1. The van der Waals surface area contributed by atoms with E-state index in [1.54, 1.807) is 18.0 Å². The maximum absolute atomic E-state index is 13.1. The SMILES string of the molecule is COc1ccc(CC(=O)N(C)C(CN2CCC(O)C2)c2ccccc2)cc1[N+](=O)[O-]. The predicted molar refractivity (Wildman–Crippen MR) is 112 cm³/mol. The fraction of sp³-hybridized carbons (Fsp3) is 0.409. The average Bonchev–Trinajstić information content (AvgIpc) is 3.16. The molecule has 160 valence electrons. The third-order valence-corrected chi connectivity index (χ3v) is 5.52. The number of carbonyl (C=O) groups is 1. The third kappa shape index (κ3) is 5.14. The Hall–Kier alpha value is -2.97. The predicted octanol–water partition coefficient (Wildman–Crippen LogP) is 2.41. The van der Waals surface area contributed by atoms with Crippen molar-refractivity contribution < 1.29 is 19.6 Å². The first-order chi connectivity index (χ1) is 14.4. The van der Waals surface area contributed by atoms with Gasteiger partial charge in [-0.1, -0.05) is 36.4 Å². The Bertz CT molecular complexity index is 890. The number of likely N-dealkylation sites (tertiary alicyclic amines) is 1. The van der Waals surface area contributed by atoms with E-state index in [-0.39, 0.29) is 35.9 Å². The lowest BCUT2D eigenvalue weighted by Crippen LogP contribution is -2.39. The molecule has 1 aliphatic rings. The van der Waals surface area contributed by atoms with Gasteiger partial charge in [0.1, 0.15) is 0 Å². The molecule has 3 rings (SSSR count). The molecule has 2 unspecified atom stereocenters. The van der Waals surface area contributed by atoms with Crippen LogP contribution in [0.1, 0.15) is 23.6 Å². The van der Waals surface area contributed by atoms with Crippen LogP contribution in [0.4, 0.5) is 5.69 Å². The van der Waals surface area contributed by atoms with E-state index >= 15 is 0 Å². The smallest absolute Gasteiger partial charge is 0.311 e. The van der Waals surface area contributed by atoms with Crippen LogP contribution in [0.15, 0.2) is 48.5 Å².